The summed E-state index contributed by atoms with van der Waals surface area (Å²) in [7, 11) is 0. The Kier molecular flexibility index (Phi) is 7.18. The van der Waals surface area contributed by atoms with Crippen molar-refractivity contribution < 1.29 is 9.84 Å². The molecule has 0 amide bonds. The Morgan fingerprint density at radius 2 is 2.17 bits per heavy atom. The highest BCUT2D eigenvalue weighted by Gasteiger charge is 2.07. The van der Waals surface area contributed by atoms with E-state index in [-0.39, 0.29) is 6.61 Å². The first-order valence-corrected chi connectivity index (χ1v) is 6.74. The van der Waals surface area contributed by atoms with Gasteiger partial charge in [0.1, 0.15) is 5.82 Å². The quantitative estimate of drug-likeness (QED) is 0.709. The Bertz CT molecular complexity index is 325. The van der Waals surface area contributed by atoms with Crippen LogP contribution in [0.3, 0.4) is 0 Å². The molecule has 4 nitrogen and oxygen atoms in total. The Balaban J connectivity index is 2.47. The van der Waals surface area contributed by atoms with Crippen molar-refractivity contribution in [2.24, 2.45) is 5.92 Å². The van der Waals surface area contributed by atoms with Crippen LogP contribution in [0.4, 0.5) is 5.82 Å². The number of hydrogen-bond donors (Lipinski definition) is 2. The van der Waals surface area contributed by atoms with E-state index in [1.807, 2.05) is 25.1 Å². The molecule has 0 bridgehead atoms. The smallest absolute Gasteiger partial charge is 0.215 e. The molecular weight excluding hydrogens is 228 g/mol. The molecule has 1 unspecified atom stereocenters. The highest BCUT2D eigenvalue weighted by molar-refractivity contribution is 5.37. The fraction of sp³-hybridized carbons (Fsp3) is 0.643. The lowest BCUT2D eigenvalue weighted by Crippen LogP contribution is -2.16. The van der Waals surface area contributed by atoms with Gasteiger partial charge in [-0.15, -0.1) is 0 Å². The molecule has 0 fully saturated rings. The highest BCUT2D eigenvalue weighted by atomic mass is 16.5. The monoisotopic (exact) mass is 252 g/mol. The summed E-state index contributed by atoms with van der Waals surface area (Å²) < 4.78 is 5.36. The number of nitrogens with one attached hydrogen (secondary N) is 1. The largest absolute Gasteiger partial charge is 0.478 e. The maximum Gasteiger partial charge on any atom is 0.215 e. The molecule has 0 aromatic carbocycles. The van der Waals surface area contributed by atoms with Crippen molar-refractivity contribution in [3.05, 3.63) is 18.2 Å². The van der Waals surface area contributed by atoms with Gasteiger partial charge in [0.2, 0.25) is 5.88 Å². The van der Waals surface area contributed by atoms with Crippen molar-refractivity contribution in [2.75, 3.05) is 25.1 Å². The van der Waals surface area contributed by atoms with E-state index in [0.717, 1.165) is 31.6 Å². The van der Waals surface area contributed by atoms with Crippen molar-refractivity contribution in [3.8, 4) is 5.88 Å². The van der Waals surface area contributed by atoms with E-state index >= 15 is 0 Å². The molecule has 0 saturated heterocycles. The number of rotatable bonds is 9. The third kappa shape index (κ3) is 5.36. The first-order chi connectivity index (χ1) is 8.80. The van der Waals surface area contributed by atoms with Gasteiger partial charge in [-0.25, -0.2) is 0 Å². The van der Waals surface area contributed by atoms with E-state index in [9.17, 15) is 0 Å². The van der Waals surface area contributed by atoms with E-state index in [2.05, 4.69) is 17.2 Å². The number of aliphatic hydroxyl groups excluding tert-OH is 1. The van der Waals surface area contributed by atoms with Crippen LogP contribution in [-0.4, -0.2) is 29.8 Å². The van der Waals surface area contributed by atoms with Crippen molar-refractivity contribution in [1.82, 2.24) is 4.98 Å². The molecular formula is C14H24N2O2. The first kappa shape index (κ1) is 14.8. The highest BCUT2D eigenvalue weighted by Crippen LogP contribution is 2.15. The minimum atomic E-state index is 0.249. The second-order valence-electron chi connectivity index (χ2n) is 4.34. The number of anilines is 1. The van der Waals surface area contributed by atoms with Gasteiger partial charge >= 0.3 is 0 Å². The lowest BCUT2D eigenvalue weighted by molar-refractivity contribution is 0.255. The van der Waals surface area contributed by atoms with E-state index in [1.165, 1.54) is 0 Å². The minimum absolute atomic E-state index is 0.249. The van der Waals surface area contributed by atoms with Crippen molar-refractivity contribution >= 4 is 5.82 Å². The average molecular weight is 252 g/mol. The lowest BCUT2D eigenvalue weighted by atomic mass is 10.0. The van der Waals surface area contributed by atoms with Gasteiger partial charge in [-0.1, -0.05) is 19.4 Å². The molecule has 1 aromatic heterocycles. The van der Waals surface area contributed by atoms with Gasteiger partial charge in [0, 0.05) is 19.2 Å². The van der Waals surface area contributed by atoms with Gasteiger partial charge in [-0.3, -0.25) is 0 Å². The molecule has 1 atom stereocenters. The van der Waals surface area contributed by atoms with Crippen molar-refractivity contribution in [1.29, 1.82) is 0 Å². The lowest BCUT2D eigenvalue weighted by Gasteiger charge is -2.16. The molecule has 0 radical (unpaired) electrons. The zero-order chi connectivity index (χ0) is 13.2. The van der Waals surface area contributed by atoms with Gasteiger partial charge in [-0.2, -0.15) is 4.98 Å². The number of hydrogen-bond acceptors (Lipinski definition) is 4. The zero-order valence-electron chi connectivity index (χ0n) is 11.4. The van der Waals surface area contributed by atoms with Crippen LogP contribution in [0.5, 0.6) is 5.88 Å². The summed E-state index contributed by atoms with van der Waals surface area (Å²) in [6, 6.07) is 5.72. The summed E-state index contributed by atoms with van der Waals surface area (Å²) in [5, 5.41) is 12.3. The summed E-state index contributed by atoms with van der Waals surface area (Å²) in [6.45, 7) is 5.83. The molecule has 0 spiro atoms. The van der Waals surface area contributed by atoms with Gasteiger partial charge < -0.3 is 15.2 Å². The van der Waals surface area contributed by atoms with Crippen LogP contribution in [0, 0.1) is 5.92 Å². The van der Waals surface area contributed by atoms with Crippen LogP contribution in [0.1, 0.15) is 33.1 Å². The normalized spacial score (nSPS) is 12.2. The summed E-state index contributed by atoms with van der Waals surface area (Å²) in [6.07, 6.45) is 3.10. The van der Waals surface area contributed by atoms with Crippen LogP contribution in [0.25, 0.3) is 0 Å². The topological polar surface area (TPSA) is 54.4 Å². The third-order valence-electron chi connectivity index (χ3n) is 2.82. The fourth-order valence-corrected chi connectivity index (χ4v) is 1.93. The van der Waals surface area contributed by atoms with Crippen LogP contribution in [0.15, 0.2) is 18.2 Å². The summed E-state index contributed by atoms with van der Waals surface area (Å²) in [4.78, 5) is 4.36. The van der Waals surface area contributed by atoms with Gasteiger partial charge in [0.15, 0.2) is 0 Å². The summed E-state index contributed by atoms with van der Waals surface area (Å²) in [5.41, 5.74) is 0. The summed E-state index contributed by atoms with van der Waals surface area (Å²) >= 11 is 0. The first-order valence-electron chi connectivity index (χ1n) is 6.74. The van der Waals surface area contributed by atoms with E-state index < -0.39 is 0 Å². The maximum absolute atomic E-state index is 9.01. The van der Waals surface area contributed by atoms with Gasteiger partial charge in [0.05, 0.1) is 6.61 Å². The second kappa shape index (κ2) is 8.75. The van der Waals surface area contributed by atoms with Crippen LogP contribution >= 0.6 is 0 Å². The number of ether oxygens (including phenoxy) is 1. The molecule has 0 aliphatic heterocycles. The second-order valence-corrected chi connectivity index (χ2v) is 4.34. The number of aliphatic hydroxyl groups is 1. The average Bonchev–Trinajstić information content (AvgIpc) is 2.37. The maximum atomic E-state index is 9.01. The zero-order valence-corrected chi connectivity index (χ0v) is 11.4. The molecule has 1 heterocycles. The van der Waals surface area contributed by atoms with Crippen molar-refractivity contribution in [3.63, 3.8) is 0 Å². The molecule has 0 aliphatic rings. The van der Waals surface area contributed by atoms with Crippen LogP contribution in [-0.2, 0) is 0 Å². The molecule has 4 heteroatoms. The molecule has 1 rings (SSSR count). The summed E-state index contributed by atoms with van der Waals surface area (Å²) in [5.74, 6) is 1.98. The van der Waals surface area contributed by atoms with Gasteiger partial charge in [0.25, 0.3) is 0 Å². The van der Waals surface area contributed by atoms with Crippen LogP contribution in [0.2, 0.25) is 0 Å². The van der Waals surface area contributed by atoms with Gasteiger partial charge in [-0.05, 0) is 31.7 Å². The Morgan fingerprint density at radius 1 is 1.33 bits per heavy atom. The predicted octanol–water partition coefficient (Wildman–Crippen LogP) is 2.69. The number of aromatic nitrogens is 1. The third-order valence-corrected chi connectivity index (χ3v) is 2.82. The van der Waals surface area contributed by atoms with Crippen LogP contribution < -0.4 is 10.1 Å². The van der Waals surface area contributed by atoms with E-state index in [1.54, 1.807) is 0 Å². The van der Waals surface area contributed by atoms with E-state index in [0.29, 0.717) is 18.4 Å². The molecule has 1 aromatic rings. The Hall–Kier alpha value is -1.29. The molecule has 102 valence electrons. The molecule has 18 heavy (non-hydrogen) atoms. The Morgan fingerprint density at radius 3 is 2.83 bits per heavy atom. The molecule has 2 N–H and O–H groups in total. The standard InChI is InChI=1S/C14H24N2O2/c1-3-6-12(9-10-17)11-15-13-7-5-8-14(16-13)18-4-2/h5,7-8,12,17H,3-4,6,9-11H2,1-2H3,(H,15,16). The fourth-order valence-electron chi connectivity index (χ4n) is 1.93. The Labute approximate surface area is 109 Å². The molecule has 0 saturated carbocycles. The predicted molar refractivity (Wildman–Crippen MR) is 74.0 cm³/mol. The van der Waals surface area contributed by atoms with Crippen molar-refractivity contribution in [2.45, 2.75) is 33.1 Å². The minimum Gasteiger partial charge on any atom is -0.478 e. The van der Waals surface area contributed by atoms with E-state index in [4.69, 9.17) is 9.84 Å². The molecule has 0 aliphatic carbocycles. The number of pyridine rings is 1. The number of nitrogens with zero attached hydrogens (tertiary/aromatic N) is 1. The SMILES string of the molecule is CCCC(CCO)CNc1cccc(OCC)n1.